The summed E-state index contributed by atoms with van der Waals surface area (Å²) in [6, 6.07) is 5.70. The highest BCUT2D eigenvalue weighted by molar-refractivity contribution is 14.1. The van der Waals surface area contributed by atoms with E-state index in [-0.39, 0.29) is 5.91 Å². The van der Waals surface area contributed by atoms with Gasteiger partial charge in [-0.25, -0.2) is 5.01 Å². The fourth-order valence-corrected chi connectivity index (χ4v) is 2.47. The third-order valence-corrected chi connectivity index (χ3v) is 3.81. The van der Waals surface area contributed by atoms with E-state index in [1.54, 1.807) is 0 Å². The normalized spacial score (nSPS) is 16.8. The quantitative estimate of drug-likeness (QED) is 0.758. The van der Waals surface area contributed by atoms with Crippen LogP contribution in [0.15, 0.2) is 22.7 Å². The molecule has 4 nitrogen and oxygen atoms in total. The van der Waals surface area contributed by atoms with E-state index in [9.17, 15) is 4.79 Å². The van der Waals surface area contributed by atoms with E-state index >= 15 is 0 Å². The Morgan fingerprint density at radius 1 is 1.41 bits per heavy atom. The van der Waals surface area contributed by atoms with Crippen LogP contribution >= 0.6 is 38.5 Å². The second-order valence-corrected chi connectivity index (χ2v) is 5.76. The molecule has 0 bridgehead atoms. The minimum Gasteiger partial charge on any atom is -0.379 e. The molecular formula is C11H12BrIN2O2. The van der Waals surface area contributed by atoms with Gasteiger partial charge in [-0.2, -0.15) is 0 Å². The predicted molar refractivity (Wildman–Crippen MR) is 76.7 cm³/mol. The van der Waals surface area contributed by atoms with E-state index in [1.165, 1.54) is 0 Å². The van der Waals surface area contributed by atoms with Crippen LogP contribution in [0.1, 0.15) is 10.4 Å². The van der Waals surface area contributed by atoms with Gasteiger partial charge in [-0.15, -0.1) is 0 Å². The highest BCUT2D eigenvalue weighted by Crippen LogP contribution is 2.19. The molecule has 2 rings (SSSR count). The molecule has 0 saturated carbocycles. The summed E-state index contributed by atoms with van der Waals surface area (Å²) in [5.41, 5.74) is 3.54. The van der Waals surface area contributed by atoms with Gasteiger partial charge >= 0.3 is 0 Å². The first-order chi connectivity index (χ1) is 8.16. The van der Waals surface area contributed by atoms with Crippen molar-refractivity contribution < 1.29 is 9.53 Å². The molecule has 1 amide bonds. The van der Waals surface area contributed by atoms with Crippen molar-refractivity contribution in [2.75, 3.05) is 26.3 Å². The second kappa shape index (κ2) is 6.12. The minimum atomic E-state index is -0.0858. The van der Waals surface area contributed by atoms with Crippen LogP contribution in [0.2, 0.25) is 0 Å². The number of carbonyl (C=O) groups is 1. The number of carbonyl (C=O) groups excluding carboxylic acids is 1. The van der Waals surface area contributed by atoms with Crippen molar-refractivity contribution in [3.05, 3.63) is 31.8 Å². The molecule has 1 fully saturated rings. The summed E-state index contributed by atoms with van der Waals surface area (Å²) in [6.07, 6.45) is 0. The summed E-state index contributed by atoms with van der Waals surface area (Å²) >= 11 is 5.58. The van der Waals surface area contributed by atoms with Gasteiger partial charge in [-0.05, 0) is 56.7 Å². The van der Waals surface area contributed by atoms with Crippen molar-refractivity contribution in [2.45, 2.75) is 0 Å². The topological polar surface area (TPSA) is 41.6 Å². The molecule has 1 aliphatic rings. The molecule has 0 radical (unpaired) electrons. The molecule has 0 atom stereocenters. The fourth-order valence-electron chi connectivity index (χ4n) is 1.55. The molecule has 1 aliphatic heterocycles. The highest BCUT2D eigenvalue weighted by atomic mass is 127. The van der Waals surface area contributed by atoms with Crippen molar-refractivity contribution >= 4 is 44.4 Å². The van der Waals surface area contributed by atoms with Crippen LogP contribution in [0.25, 0.3) is 0 Å². The lowest BCUT2D eigenvalue weighted by Gasteiger charge is -2.27. The van der Waals surface area contributed by atoms with Crippen molar-refractivity contribution in [3.8, 4) is 0 Å². The summed E-state index contributed by atoms with van der Waals surface area (Å²) in [4.78, 5) is 12.1. The second-order valence-electron chi connectivity index (χ2n) is 3.66. The monoisotopic (exact) mass is 410 g/mol. The van der Waals surface area contributed by atoms with Crippen LogP contribution in [0.3, 0.4) is 0 Å². The van der Waals surface area contributed by atoms with Crippen molar-refractivity contribution in [3.63, 3.8) is 0 Å². The molecule has 6 heteroatoms. The number of nitrogens with one attached hydrogen (secondary N) is 1. The molecule has 1 heterocycles. The predicted octanol–water partition coefficient (Wildman–Crippen LogP) is 2.03. The summed E-state index contributed by atoms with van der Waals surface area (Å²) in [6.45, 7) is 2.78. The maximum Gasteiger partial charge on any atom is 0.266 e. The number of ether oxygens (including phenoxy) is 1. The molecule has 0 unspecified atom stereocenters. The molecule has 92 valence electrons. The first-order valence-corrected chi connectivity index (χ1v) is 7.13. The lowest BCUT2D eigenvalue weighted by Crippen LogP contribution is -2.48. The van der Waals surface area contributed by atoms with Crippen LogP contribution in [0.4, 0.5) is 0 Å². The number of rotatable bonds is 2. The van der Waals surface area contributed by atoms with Crippen LogP contribution in [0, 0.1) is 3.57 Å². The number of hydrazine groups is 1. The van der Waals surface area contributed by atoms with E-state index in [0.29, 0.717) is 18.8 Å². The third kappa shape index (κ3) is 3.64. The van der Waals surface area contributed by atoms with Gasteiger partial charge in [0.1, 0.15) is 0 Å². The van der Waals surface area contributed by atoms with E-state index < -0.39 is 0 Å². The van der Waals surface area contributed by atoms with E-state index in [2.05, 4.69) is 43.9 Å². The third-order valence-electron chi connectivity index (χ3n) is 2.44. The maximum atomic E-state index is 12.1. The number of benzene rings is 1. The van der Waals surface area contributed by atoms with Gasteiger partial charge in [0.25, 0.3) is 5.91 Å². The Kier molecular flexibility index (Phi) is 4.78. The molecule has 0 aromatic heterocycles. The van der Waals surface area contributed by atoms with Crippen molar-refractivity contribution in [1.82, 2.24) is 10.4 Å². The number of halogens is 2. The first-order valence-electron chi connectivity index (χ1n) is 5.25. The van der Waals surface area contributed by atoms with Crippen LogP contribution in [-0.2, 0) is 4.74 Å². The highest BCUT2D eigenvalue weighted by Gasteiger charge is 2.16. The van der Waals surface area contributed by atoms with Gasteiger partial charge < -0.3 is 4.74 Å². The summed E-state index contributed by atoms with van der Waals surface area (Å²) in [5, 5.41) is 1.89. The molecule has 0 aliphatic carbocycles. The standard InChI is InChI=1S/C11H12BrIN2O2/c12-10-2-1-8(13)7-9(10)11(16)14-15-3-5-17-6-4-15/h1-2,7H,3-6H2,(H,14,16). The Bertz CT molecular complexity index is 422. The molecule has 0 spiro atoms. The number of hydrogen-bond acceptors (Lipinski definition) is 3. The Morgan fingerprint density at radius 2 is 2.12 bits per heavy atom. The number of morpholine rings is 1. The average molecular weight is 411 g/mol. The Labute approximate surface area is 122 Å². The largest absolute Gasteiger partial charge is 0.379 e. The number of nitrogens with zero attached hydrogens (tertiary/aromatic N) is 1. The van der Waals surface area contributed by atoms with Gasteiger partial charge in [-0.1, -0.05) is 0 Å². The zero-order valence-corrected chi connectivity index (χ0v) is 12.8. The maximum absolute atomic E-state index is 12.1. The van der Waals surface area contributed by atoms with Crippen LogP contribution in [-0.4, -0.2) is 37.2 Å². The molecule has 1 aromatic rings. The molecule has 17 heavy (non-hydrogen) atoms. The van der Waals surface area contributed by atoms with Crippen LogP contribution < -0.4 is 5.43 Å². The summed E-state index contributed by atoms with van der Waals surface area (Å²) in [7, 11) is 0. The lowest BCUT2D eigenvalue weighted by molar-refractivity contribution is 0.0126. The van der Waals surface area contributed by atoms with Gasteiger partial charge in [0.2, 0.25) is 0 Å². The van der Waals surface area contributed by atoms with Crippen molar-refractivity contribution in [2.24, 2.45) is 0 Å². The van der Waals surface area contributed by atoms with Crippen molar-refractivity contribution in [1.29, 1.82) is 0 Å². The van der Waals surface area contributed by atoms with Gasteiger partial charge in [-0.3, -0.25) is 10.2 Å². The zero-order valence-electron chi connectivity index (χ0n) is 9.08. The molecule has 1 saturated heterocycles. The van der Waals surface area contributed by atoms with E-state index in [4.69, 9.17) is 4.74 Å². The number of hydrogen-bond donors (Lipinski definition) is 1. The van der Waals surface area contributed by atoms with Gasteiger partial charge in [0.05, 0.1) is 18.8 Å². The zero-order chi connectivity index (χ0) is 12.3. The minimum absolute atomic E-state index is 0.0858. The number of amides is 1. The Balaban J connectivity index is 2.05. The molecular weight excluding hydrogens is 399 g/mol. The van der Waals surface area contributed by atoms with Gasteiger partial charge in [0, 0.05) is 21.1 Å². The Hall–Kier alpha value is -0.180. The summed E-state index contributed by atoms with van der Waals surface area (Å²) < 4.78 is 7.08. The average Bonchev–Trinajstić information content (AvgIpc) is 2.33. The SMILES string of the molecule is O=C(NN1CCOCC1)c1cc(I)ccc1Br. The molecule has 1 aromatic carbocycles. The lowest BCUT2D eigenvalue weighted by atomic mass is 10.2. The van der Waals surface area contributed by atoms with Crippen LogP contribution in [0.5, 0.6) is 0 Å². The fraction of sp³-hybridized carbons (Fsp3) is 0.364. The molecule has 1 N–H and O–H groups in total. The Morgan fingerprint density at radius 3 is 2.82 bits per heavy atom. The summed E-state index contributed by atoms with van der Waals surface area (Å²) in [5.74, 6) is -0.0858. The van der Waals surface area contributed by atoms with Gasteiger partial charge in [0.15, 0.2) is 0 Å². The van der Waals surface area contributed by atoms with E-state index in [0.717, 1.165) is 21.1 Å². The smallest absolute Gasteiger partial charge is 0.266 e. The van der Waals surface area contributed by atoms with E-state index in [1.807, 2.05) is 23.2 Å². The first kappa shape index (κ1) is 13.3.